The number of hydrogen-bond acceptors (Lipinski definition) is 4. The van der Waals surface area contributed by atoms with Crippen molar-refractivity contribution < 1.29 is 0 Å². The fourth-order valence-corrected chi connectivity index (χ4v) is 2.65. The maximum atomic E-state index is 4.48. The molecular formula is C14H15BrN6. The van der Waals surface area contributed by atoms with E-state index in [-0.39, 0.29) is 0 Å². The van der Waals surface area contributed by atoms with Gasteiger partial charge in [-0.2, -0.15) is 5.10 Å². The molecule has 21 heavy (non-hydrogen) atoms. The Hall–Kier alpha value is -2.15. The van der Waals surface area contributed by atoms with Crippen LogP contribution in [-0.4, -0.2) is 26.8 Å². The fourth-order valence-electron chi connectivity index (χ4n) is 2.23. The van der Waals surface area contributed by atoms with Gasteiger partial charge in [-0.3, -0.25) is 10.1 Å². The number of benzene rings is 1. The molecule has 2 aromatic heterocycles. The lowest BCUT2D eigenvalue weighted by atomic mass is 10.2. The number of fused-ring (bicyclic) bond motifs is 1. The Morgan fingerprint density at radius 2 is 2.29 bits per heavy atom. The van der Waals surface area contributed by atoms with E-state index in [0.29, 0.717) is 0 Å². The molecule has 0 fully saturated rings. The van der Waals surface area contributed by atoms with Crippen molar-refractivity contribution in [3.05, 3.63) is 40.7 Å². The monoisotopic (exact) mass is 346 g/mol. The van der Waals surface area contributed by atoms with Crippen molar-refractivity contribution in [1.29, 1.82) is 0 Å². The van der Waals surface area contributed by atoms with E-state index in [9.17, 15) is 0 Å². The highest BCUT2D eigenvalue weighted by Gasteiger charge is 2.06. The molecule has 0 saturated heterocycles. The van der Waals surface area contributed by atoms with Crippen LogP contribution in [0.4, 0.5) is 11.5 Å². The molecular weight excluding hydrogens is 332 g/mol. The zero-order chi connectivity index (χ0) is 14.8. The molecule has 0 unspecified atom stereocenters. The Labute approximate surface area is 130 Å². The van der Waals surface area contributed by atoms with E-state index in [4.69, 9.17) is 0 Å². The van der Waals surface area contributed by atoms with Crippen LogP contribution < -0.4 is 10.8 Å². The average Bonchev–Trinajstić information content (AvgIpc) is 2.94. The van der Waals surface area contributed by atoms with E-state index in [2.05, 4.69) is 48.3 Å². The molecule has 0 aliphatic rings. The minimum atomic E-state index is 0.719. The maximum Gasteiger partial charge on any atom is 0.174 e. The quantitative estimate of drug-likeness (QED) is 0.765. The molecule has 1 aromatic carbocycles. The summed E-state index contributed by atoms with van der Waals surface area (Å²) < 4.78 is 2.80. The summed E-state index contributed by atoms with van der Waals surface area (Å²) >= 11 is 3.44. The standard InChI is InChI=1S/C14H15BrN6/c1-3-21-8-12(15)19-13(14(21)16-2)18-10-4-5-11-9(6-10)7-17-20-11/h4-8H,3H2,1-2H3,(H,17,20)(H,18,19). The molecule has 0 radical (unpaired) electrons. The van der Waals surface area contributed by atoms with Crippen LogP contribution >= 0.6 is 15.9 Å². The number of aromatic nitrogens is 4. The minimum absolute atomic E-state index is 0.719. The second-order valence-electron chi connectivity index (χ2n) is 4.54. The van der Waals surface area contributed by atoms with Gasteiger partial charge in [-0.1, -0.05) is 0 Å². The molecule has 0 bridgehead atoms. The summed E-state index contributed by atoms with van der Waals surface area (Å²) in [4.78, 5) is 8.81. The minimum Gasteiger partial charge on any atom is -0.337 e. The number of hydrogen-bond donors (Lipinski definition) is 2. The predicted octanol–water partition coefficient (Wildman–Crippen LogP) is 2.82. The first-order chi connectivity index (χ1) is 10.2. The first-order valence-electron chi connectivity index (χ1n) is 6.61. The molecule has 3 aromatic rings. The van der Waals surface area contributed by atoms with Crippen LogP contribution in [0.2, 0.25) is 0 Å². The number of rotatable bonds is 3. The Balaban J connectivity index is 2.06. The molecule has 108 valence electrons. The van der Waals surface area contributed by atoms with Gasteiger partial charge in [0.2, 0.25) is 0 Å². The van der Waals surface area contributed by atoms with Gasteiger partial charge < -0.3 is 9.88 Å². The molecule has 0 aliphatic heterocycles. The average molecular weight is 347 g/mol. The van der Waals surface area contributed by atoms with E-state index >= 15 is 0 Å². The summed E-state index contributed by atoms with van der Waals surface area (Å²) in [5, 5.41) is 11.3. The van der Waals surface area contributed by atoms with Crippen LogP contribution in [0.25, 0.3) is 10.9 Å². The van der Waals surface area contributed by atoms with E-state index < -0.39 is 0 Å². The molecule has 7 heteroatoms. The maximum absolute atomic E-state index is 4.48. The van der Waals surface area contributed by atoms with Crippen LogP contribution in [0.5, 0.6) is 0 Å². The fraction of sp³-hybridized carbons (Fsp3) is 0.214. The normalized spacial score (nSPS) is 12.0. The molecule has 0 aliphatic carbocycles. The molecule has 0 saturated carbocycles. The molecule has 0 atom stereocenters. The van der Waals surface area contributed by atoms with Crippen LogP contribution in [0, 0.1) is 0 Å². The van der Waals surface area contributed by atoms with Gasteiger partial charge in [0.05, 0.1) is 11.7 Å². The number of nitrogens with one attached hydrogen (secondary N) is 2. The number of aryl methyl sites for hydroxylation is 1. The number of H-pyrrole nitrogens is 1. The largest absolute Gasteiger partial charge is 0.337 e. The lowest BCUT2D eigenvalue weighted by Crippen LogP contribution is -2.24. The lowest BCUT2D eigenvalue weighted by molar-refractivity contribution is 0.699. The van der Waals surface area contributed by atoms with E-state index in [1.54, 1.807) is 13.2 Å². The van der Waals surface area contributed by atoms with Crippen molar-refractivity contribution in [3.8, 4) is 0 Å². The van der Waals surface area contributed by atoms with Gasteiger partial charge in [-0.15, -0.1) is 0 Å². The molecule has 6 nitrogen and oxygen atoms in total. The lowest BCUT2D eigenvalue weighted by Gasteiger charge is -2.11. The van der Waals surface area contributed by atoms with Gasteiger partial charge in [0, 0.05) is 30.9 Å². The van der Waals surface area contributed by atoms with E-state index in [0.717, 1.165) is 39.0 Å². The second-order valence-corrected chi connectivity index (χ2v) is 5.35. The third-order valence-electron chi connectivity index (χ3n) is 3.22. The summed E-state index contributed by atoms with van der Waals surface area (Å²) in [7, 11) is 1.77. The Kier molecular flexibility index (Phi) is 3.74. The van der Waals surface area contributed by atoms with Gasteiger partial charge in [0.15, 0.2) is 11.3 Å². The number of aromatic amines is 1. The topological polar surface area (TPSA) is 70.9 Å². The Morgan fingerprint density at radius 1 is 1.43 bits per heavy atom. The van der Waals surface area contributed by atoms with Crippen molar-refractivity contribution in [2.75, 3.05) is 12.4 Å². The SMILES string of the molecule is CCn1cc(Br)nc(Nc2ccc3[nH]ncc3c2)c1=NC. The highest BCUT2D eigenvalue weighted by molar-refractivity contribution is 9.10. The molecule has 3 rings (SSSR count). The van der Waals surface area contributed by atoms with Gasteiger partial charge in [-0.05, 0) is 41.1 Å². The molecule has 0 spiro atoms. The zero-order valence-electron chi connectivity index (χ0n) is 11.8. The molecule has 2 N–H and O–H groups in total. The van der Waals surface area contributed by atoms with Gasteiger partial charge in [-0.25, -0.2) is 4.98 Å². The Bertz CT molecular complexity index is 848. The van der Waals surface area contributed by atoms with E-state index in [1.807, 2.05) is 29.0 Å². The third-order valence-corrected chi connectivity index (χ3v) is 3.60. The third kappa shape index (κ3) is 2.69. The second kappa shape index (κ2) is 5.69. The van der Waals surface area contributed by atoms with Gasteiger partial charge in [0.1, 0.15) is 4.60 Å². The summed E-state index contributed by atoms with van der Waals surface area (Å²) in [5.74, 6) is 0.719. The highest BCUT2D eigenvalue weighted by atomic mass is 79.9. The van der Waals surface area contributed by atoms with E-state index in [1.165, 1.54) is 0 Å². The van der Waals surface area contributed by atoms with Crippen LogP contribution in [-0.2, 0) is 6.54 Å². The van der Waals surface area contributed by atoms with Crippen molar-refractivity contribution in [2.24, 2.45) is 4.99 Å². The zero-order valence-corrected chi connectivity index (χ0v) is 13.3. The first kappa shape index (κ1) is 13.8. The van der Waals surface area contributed by atoms with Crippen molar-refractivity contribution in [2.45, 2.75) is 13.5 Å². The summed E-state index contributed by atoms with van der Waals surface area (Å²) in [5.41, 5.74) is 2.77. The van der Waals surface area contributed by atoms with Gasteiger partial charge in [0.25, 0.3) is 0 Å². The van der Waals surface area contributed by atoms with Crippen LogP contribution in [0.15, 0.2) is 40.2 Å². The smallest absolute Gasteiger partial charge is 0.174 e. The van der Waals surface area contributed by atoms with Crippen molar-refractivity contribution >= 4 is 38.3 Å². The van der Waals surface area contributed by atoms with Crippen molar-refractivity contribution in [3.63, 3.8) is 0 Å². The Morgan fingerprint density at radius 3 is 3.05 bits per heavy atom. The van der Waals surface area contributed by atoms with Crippen LogP contribution in [0.3, 0.4) is 0 Å². The first-order valence-corrected chi connectivity index (χ1v) is 7.40. The number of anilines is 2. The summed E-state index contributed by atoms with van der Waals surface area (Å²) in [6.45, 7) is 2.89. The van der Waals surface area contributed by atoms with Gasteiger partial charge >= 0.3 is 0 Å². The molecule has 0 amide bonds. The number of halogens is 1. The summed E-state index contributed by atoms with van der Waals surface area (Å²) in [6.07, 6.45) is 3.72. The summed E-state index contributed by atoms with van der Waals surface area (Å²) in [6, 6.07) is 6.00. The predicted molar refractivity (Wildman–Crippen MR) is 86.5 cm³/mol. The van der Waals surface area contributed by atoms with Crippen LogP contribution in [0.1, 0.15) is 6.92 Å². The number of nitrogens with zero attached hydrogens (tertiary/aromatic N) is 4. The van der Waals surface area contributed by atoms with Crippen molar-refractivity contribution in [1.82, 2.24) is 19.7 Å². The molecule has 2 heterocycles. The highest BCUT2D eigenvalue weighted by Crippen LogP contribution is 2.19.